The number of esters is 2. The zero-order chi connectivity index (χ0) is 28.4. The van der Waals surface area contributed by atoms with E-state index < -0.39 is 22.6 Å². The van der Waals surface area contributed by atoms with Gasteiger partial charge in [-0.25, -0.2) is 9.59 Å². The molecule has 0 aliphatic rings. The summed E-state index contributed by atoms with van der Waals surface area (Å²) >= 11 is 1.47. The van der Waals surface area contributed by atoms with Crippen molar-refractivity contribution in [2.75, 3.05) is 14.2 Å². The van der Waals surface area contributed by atoms with Gasteiger partial charge in [-0.3, -0.25) is 14.9 Å². The monoisotopic (exact) mass is 554 g/mol. The molecule has 0 saturated heterocycles. The van der Waals surface area contributed by atoms with E-state index in [1.54, 1.807) is 42.5 Å². The van der Waals surface area contributed by atoms with Crippen LogP contribution < -0.4 is 0 Å². The maximum atomic E-state index is 13.8. The first-order valence-corrected chi connectivity index (χ1v) is 13.1. The molecule has 3 aromatic carbocycles. The minimum atomic E-state index is -0.950. The maximum absolute atomic E-state index is 13.8. The summed E-state index contributed by atoms with van der Waals surface area (Å²) in [6, 6.07) is 22.6. The molecule has 5 aromatic rings. The molecule has 0 unspecified atom stereocenters. The molecule has 5 rings (SSSR count). The Morgan fingerprint density at radius 2 is 1.48 bits per heavy atom. The second-order valence-corrected chi connectivity index (χ2v) is 9.73. The molecule has 200 valence electrons. The number of nitro groups is 1. The Morgan fingerprint density at radius 1 is 0.850 bits per heavy atom. The predicted molar refractivity (Wildman–Crippen MR) is 150 cm³/mol. The Labute approximate surface area is 232 Å². The quantitative estimate of drug-likeness (QED) is 0.0743. The average Bonchev–Trinajstić information content (AvgIpc) is 3.35. The van der Waals surface area contributed by atoms with Gasteiger partial charge in [0.15, 0.2) is 0 Å². The summed E-state index contributed by atoms with van der Waals surface area (Å²) in [4.78, 5) is 52.6. The molecule has 0 fully saturated rings. The van der Waals surface area contributed by atoms with Crippen LogP contribution in [0.4, 0.5) is 5.69 Å². The van der Waals surface area contributed by atoms with Crippen LogP contribution in [0.3, 0.4) is 0 Å². The van der Waals surface area contributed by atoms with E-state index in [4.69, 9.17) is 9.47 Å². The van der Waals surface area contributed by atoms with E-state index >= 15 is 0 Å². The second kappa shape index (κ2) is 11.0. The number of non-ortho nitro benzene ring substituents is 1. The normalized spacial score (nSPS) is 10.9. The van der Waals surface area contributed by atoms with Gasteiger partial charge in [0.2, 0.25) is 5.78 Å². The Morgan fingerprint density at radius 3 is 2.10 bits per heavy atom. The molecule has 0 aliphatic heterocycles. The number of hydrogen-bond donors (Lipinski definition) is 0. The molecule has 0 spiro atoms. The number of methoxy groups -OCH3 is 2. The van der Waals surface area contributed by atoms with Gasteiger partial charge in [0.05, 0.1) is 30.0 Å². The number of hydrogen-bond acceptors (Lipinski definition) is 8. The Balaban J connectivity index is 1.88. The molecular formula is C30H22N2O7S. The first-order valence-electron chi connectivity index (χ1n) is 12.1. The maximum Gasteiger partial charge on any atom is 0.341 e. The van der Waals surface area contributed by atoms with Crippen LogP contribution in [0.15, 0.2) is 90.0 Å². The van der Waals surface area contributed by atoms with E-state index in [0.29, 0.717) is 11.1 Å². The first kappa shape index (κ1) is 26.6. The molecule has 0 radical (unpaired) electrons. The number of nitro benzene ring substituents is 1. The minimum Gasteiger partial charge on any atom is -0.465 e. The molecule has 0 aliphatic carbocycles. The van der Waals surface area contributed by atoms with Gasteiger partial charge in [-0.2, -0.15) is 0 Å². The van der Waals surface area contributed by atoms with E-state index in [-0.39, 0.29) is 39.0 Å². The van der Waals surface area contributed by atoms with Gasteiger partial charge in [-0.05, 0) is 17.7 Å². The second-order valence-electron chi connectivity index (χ2n) is 8.71. The fourth-order valence-electron chi connectivity index (χ4n) is 4.70. The molecular weight excluding hydrogens is 532 g/mol. The third kappa shape index (κ3) is 4.58. The molecule has 0 bridgehead atoms. The van der Waals surface area contributed by atoms with Crippen LogP contribution in [0.5, 0.6) is 0 Å². The lowest BCUT2D eigenvalue weighted by Gasteiger charge is -2.11. The van der Waals surface area contributed by atoms with E-state index in [9.17, 15) is 24.5 Å². The van der Waals surface area contributed by atoms with E-state index in [2.05, 4.69) is 0 Å². The van der Waals surface area contributed by atoms with Crippen LogP contribution in [0.2, 0.25) is 0 Å². The SMILES string of the molecule is COC(=O)c1c(C(=O)OC)c2c3c([N+](=O)[O-])ccc(SCc4ccccc4)c3ccn2c1C(=O)c1ccccc1. The largest absolute Gasteiger partial charge is 0.465 e. The third-order valence-electron chi connectivity index (χ3n) is 6.48. The number of carbonyl (C=O) groups is 3. The molecule has 0 amide bonds. The van der Waals surface area contributed by atoms with E-state index in [1.165, 1.54) is 28.4 Å². The summed E-state index contributed by atoms with van der Waals surface area (Å²) < 4.78 is 11.3. The van der Waals surface area contributed by atoms with Crippen molar-refractivity contribution >= 4 is 51.5 Å². The fraction of sp³-hybridized carbons (Fsp3) is 0.100. The summed E-state index contributed by atoms with van der Waals surface area (Å²) in [5.41, 5.74) is 0.263. The van der Waals surface area contributed by atoms with Gasteiger partial charge in [0.1, 0.15) is 16.8 Å². The highest BCUT2D eigenvalue weighted by atomic mass is 32.2. The number of fused-ring (bicyclic) bond motifs is 3. The first-order chi connectivity index (χ1) is 19.4. The van der Waals surface area contributed by atoms with Crippen LogP contribution >= 0.6 is 11.8 Å². The zero-order valence-electron chi connectivity index (χ0n) is 21.5. The van der Waals surface area contributed by atoms with E-state index in [0.717, 1.165) is 24.7 Å². The zero-order valence-corrected chi connectivity index (χ0v) is 22.3. The molecule has 2 heterocycles. The lowest BCUT2D eigenvalue weighted by atomic mass is 10.0. The number of carbonyl (C=O) groups excluding carboxylic acids is 3. The average molecular weight is 555 g/mol. The number of ketones is 1. The van der Waals surface area contributed by atoms with Crippen molar-refractivity contribution < 1.29 is 28.8 Å². The number of thioether (sulfide) groups is 1. The molecule has 0 atom stereocenters. The van der Waals surface area contributed by atoms with Crippen LogP contribution in [0, 0.1) is 10.1 Å². The van der Waals surface area contributed by atoms with Crippen LogP contribution in [0.1, 0.15) is 42.3 Å². The molecule has 40 heavy (non-hydrogen) atoms. The van der Waals surface area contributed by atoms with Gasteiger partial charge in [0, 0.05) is 33.9 Å². The molecule has 0 N–H and O–H groups in total. The summed E-state index contributed by atoms with van der Waals surface area (Å²) in [6.07, 6.45) is 1.53. The summed E-state index contributed by atoms with van der Waals surface area (Å²) in [5.74, 6) is -1.86. The van der Waals surface area contributed by atoms with Gasteiger partial charge in [-0.15, -0.1) is 11.8 Å². The minimum absolute atomic E-state index is 0.0119. The number of rotatable bonds is 8. The molecule has 2 aromatic heterocycles. The Kier molecular flexibility index (Phi) is 7.35. The summed E-state index contributed by atoms with van der Waals surface area (Å²) in [6.45, 7) is 0. The van der Waals surface area contributed by atoms with Crippen molar-refractivity contribution in [3.8, 4) is 0 Å². The van der Waals surface area contributed by atoms with Crippen molar-refractivity contribution in [3.05, 3.63) is 123 Å². The van der Waals surface area contributed by atoms with Gasteiger partial charge >= 0.3 is 11.9 Å². The van der Waals surface area contributed by atoms with E-state index in [1.807, 2.05) is 30.3 Å². The van der Waals surface area contributed by atoms with Crippen molar-refractivity contribution in [2.24, 2.45) is 0 Å². The highest BCUT2D eigenvalue weighted by molar-refractivity contribution is 7.98. The topological polar surface area (TPSA) is 117 Å². The van der Waals surface area contributed by atoms with Crippen molar-refractivity contribution in [3.63, 3.8) is 0 Å². The number of pyridine rings is 1. The van der Waals surface area contributed by atoms with Gasteiger partial charge in [-0.1, -0.05) is 60.7 Å². The Bertz CT molecular complexity index is 1800. The van der Waals surface area contributed by atoms with Crippen molar-refractivity contribution in [2.45, 2.75) is 10.6 Å². The Hall–Kier alpha value is -4.96. The van der Waals surface area contributed by atoms with Crippen LogP contribution in [-0.2, 0) is 15.2 Å². The number of aromatic nitrogens is 1. The van der Waals surface area contributed by atoms with Gasteiger partial charge in [0.25, 0.3) is 5.69 Å². The molecule has 9 nitrogen and oxygen atoms in total. The molecule has 10 heteroatoms. The molecule has 0 saturated carbocycles. The summed E-state index contributed by atoms with van der Waals surface area (Å²) in [7, 11) is 2.26. The van der Waals surface area contributed by atoms with Crippen LogP contribution in [-0.4, -0.2) is 41.3 Å². The highest BCUT2D eigenvalue weighted by Crippen LogP contribution is 2.41. The number of benzene rings is 3. The van der Waals surface area contributed by atoms with Crippen LogP contribution in [0.25, 0.3) is 16.3 Å². The fourth-order valence-corrected chi connectivity index (χ4v) is 5.70. The highest BCUT2D eigenvalue weighted by Gasteiger charge is 2.35. The number of ether oxygens (including phenoxy) is 2. The lowest BCUT2D eigenvalue weighted by Crippen LogP contribution is -2.15. The standard InChI is InChI=1S/C30H22N2O7S/c1-38-29(34)24-25(30(35)39-2)27(28(33)19-11-7-4-8-12-19)31-16-15-20-22(40-17-18-9-5-3-6-10-18)14-13-21(32(36)37)23(20)26(24)31/h3-16H,17H2,1-2H3. The lowest BCUT2D eigenvalue weighted by molar-refractivity contribution is -0.383. The van der Waals surface area contributed by atoms with Crippen molar-refractivity contribution in [1.82, 2.24) is 4.40 Å². The summed E-state index contributed by atoms with van der Waals surface area (Å²) in [5, 5.41) is 12.8. The third-order valence-corrected chi connectivity index (χ3v) is 7.62. The van der Waals surface area contributed by atoms with Gasteiger partial charge < -0.3 is 13.9 Å². The van der Waals surface area contributed by atoms with Crippen molar-refractivity contribution in [1.29, 1.82) is 0 Å². The predicted octanol–water partition coefficient (Wildman–Crippen LogP) is 6.10. The number of nitrogens with zero attached hydrogens (tertiary/aromatic N) is 2. The smallest absolute Gasteiger partial charge is 0.341 e.